The Morgan fingerprint density at radius 1 is 1.32 bits per heavy atom. The fourth-order valence-corrected chi connectivity index (χ4v) is 3.85. The van der Waals surface area contributed by atoms with E-state index in [4.69, 9.17) is 9.15 Å². The van der Waals surface area contributed by atoms with Crippen LogP contribution in [-0.2, 0) is 0 Å². The number of H-pyrrole nitrogens is 1. The van der Waals surface area contributed by atoms with Crippen molar-refractivity contribution in [2.75, 3.05) is 7.11 Å². The summed E-state index contributed by atoms with van der Waals surface area (Å²) in [5.41, 5.74) is 2.43. The van der Waals surface area contributed by atoms with E-state index in [1.807, 2.05) is 6.07 Å². The van der Waals surface area contributed by atoms with Crippen molar-refractivity contribution in [1.82, 2.24) is 10.3 Å². The van der Waals surface area contributed by atoms with Crippen LogP contribution in [0.1, 0.15) is 47.7 Å². The van der Waals surface area contributed by atoms with Crippen LogP contribution in [0.4, 0.5) is 0 Å². The van der Waals surface area contributed by atoms with E-state index in [2.05, 4.69) is 28.6 Å². The summed E-state index contributed by atoms with van der Waals surface area (Å²) in [5.74, 6) is 1.54. The Hall–Kier alpha value is -2.69. The molecule has 130 valence electrons. The highest BCUT2D eigenvalue weighted by atomic mass is 16.5. The van der Waals surface area contributed by atoms with Gasteiger partial charge < -0.3 is 19.5 Å². The van der Waals surface area contributed by atoms with Gasteiger partial charge in [-0.1, -0.05) is 6.42 Å². The predicted octanol–water partition coefficient (Wildman–Crippen LogP) is 4.23. The van der Waals surface area contributed by atoms with E-state index >= 15 is 0 Å². The van der Waals surface area contributed by atoms with Gasteiger partial charge in [0.25, 0.3) is 5.91 Å². The van der Waals surface area contributed by atoms with Crippen molar-refractivity contribution in [2.24, 2.45) is 0 Å². The second kappa shape index (κ2) is 6.67. The fourth-order valence-electron chi connectivity index (χ4n) is 3.85. The largest absolute Gasteiger partial charge is 0.497 e. The minimum Gasteiger partial charge on any atom is -0.497 e. The van der Waals surface area contributed by atoms with Crippen LogP contribution in [0.5, 0.6) is 5.75 Å². The van der Waals surface area contributed by atoms with Gasteiger partial charge in [-0.05, 0) is 61.1 Å². The Balaban J connectivity index is 1.52. The van der Waals surface area contributed by atoms with Gasteiger partial charge in [-0.3, -0.25) is 4.79 Å². The minimum absolute atomic E-state index is 0.128. The predicted molar refractivity (Wildman–Crippen MR) is 96.0 cm³/mol. The molecule has 2 aromatic heterocycles. The normalized spacial score (nSPS) is 20.5. The number of carbonyl (C=O) groups excluding carboxylic acids is 1. The zero-order valence-electron chi connectivity index (χ0n) is 14.2. The molecule has 1 saturated carbocycles. The number of furan rings is 1. The average molecular weight is 338 g/mol. The fraction of sp³-hybridized carbons (Fsp3) is 0.350. The van der Waals surface area contributed by atoms with E-state index in [0.717, 1.165) is 36.9 Å². The van der Waals surface area contributed by atoms with Crippen LogP contribution in [0.2, 0.25) is 0 Å². The van der Waals surface area contributed by atoms with Crippen LogP contribution in [0, 0.1) is 0 Å². The number of hydrogen-bond donors (Lipinski definition) is 2. The molecule has 0 bridgehead atoms. The molecular weight excluding hydrogens is 316 g/mol. The molecule has 2 heterocycles. The van der Waals surface area contributed by atoms with E-state index in [1.165, 1.54) is 17.2 Å². The molecule has 1 aliphatic carbocycles. The van der Waals surface area contributed by atoms with Crippen molar-refractivity contribution in [2.45, 2.75) is 37.6 Å². The molecule has 1 amide bonds. The lowest BCUT2D eigenvalue weighted by Crippen LogP contribution is -2.37. The number of fused-ring (bicyclic) bond motifs is 1. The molecule has 3 aromatic rings. The summed E-state index contributed by atoms with van der Waals surface area (Å²) in [7, 11) is 1.69. The zero-order valence-corrected chi connectivity index (χ0v) is 14.2. The SMILES string of the molecule is COc1ccc2[nH]cc([C@@H]3CCCC(NC(=O)c4ccco4)C3)c2c1. The first-order valence-electron chi connectivity index (χ1n) is 8.74. The number of methoxy groups -OCH3 is 1. The number of rotatable bonds is 4. The number of nitrogens with one attached hydrogen (secondary N) is 2. The van der Waals surface area contributed by atoms with E-state index < -0.39 is 0 Å². The van der Waals surface area contributed by atoms with Crippen molar-refractivity contribution in [3.05, 3.63) is 54.1 Å². The van der Waals surface area contributed by atoms with Crippen LogP contribution < -0.4 is 10.1 Å². The van der Waals surface area contributed by atoms with Crippen LogP contribution in [0.15, 0.2) is 47.2 Å². The number of aromatic nitrogens is 1. The van der Waals surface area contributed by atoms with Crippen molar-refractivity contribution in [1.29, 1.82) is 0 Å². The summed E-state index contributed by atoms with van der Waals surface area (Å²) in [4.78, 5) is 15.6. The maximum atomic E-state index is 12.2. The van der Waals surface area contributed by atoms with E-state index in [9.17, 15) is 4.79 Å². The summed E-state index contributed by atoms with van der Waals surface area (Å²) in [6.45, 7) is 0. The lowest BCUT2D eigenvalue weighted by molar-refractivity contribution is 0.0897. The van der Waals surface area contributed by atoms with Gasteiger partial charge in [0, 0.05) is 23.1 Å². The molecule has 0 radical (unpaired) electrons. The molecular formula is C20H22N2O3. The molecule has 1 aliphatic rings. The number of hydrogen-bond acceptors (Lipinski definition) is 3. The highest BCUT2D eigenvalue weighted by molar-refractivity contribution is 5.91. The highest BCUT2D eigenvalue weighted by Gasteiger charge is 2.27. The van der Waals surface area contributed by atoms with Gasteiger partial charge in [-0.15, -0.1) is 0 Å². The van der Waals surface area contributed by atoms with Crippen LogP contribution in [0.3, 0.4) is 0 Å². The van der Waals surface area contributed by atoms with Gasteiger partial charge in [0.2, 0.25) is 0 Å². The Bertz CT molecular complexity index is 866. The molecule has 1 unspecified atom stereocenters. The third-order valence-electron chi connectivity index (χ3n) is 5.12. The first kappa shape index (κ1) is 15.8. The molecule has 1 fully saturated rings. The van der Waals surface area contributed by atoms with Gasteiger partial charge >= 0.3 is 0 Å². The quantitative estimate of drug-likeness (QED) is 0.748. The average Bonchev–Trinajstić information content (AvgIpc) is 3.31. The molecule has 0 spiro atoms. The Morgan fingerprint density at radius 2 is 2.24 bits per heavy atom. The summed E-state index contributed by atoms with van der Waals surface area (Å²) in [6.07, 6.45) is 7.82. The van der Waals surface area contributed by atoms with Crippen molar-refractivity contribution < 1.29 is 13.9 Å². The van der Waals surface area contributed by atoms with Crippen molar-refractivity contribution >= 4 is 16.8 Å². The van der Waals surface area contributed by atoms with Gasteiger partial charge in [0.1, 0.15) is 5.75 Å². The summed E-state index contributed by atoms with van der Waals surface area (Å²) in [5, 5.41) is 4.33. The molecule has 1 aromatic carbocycles. The maximum absolute atomic E-state index is 12.2. The molecule has 5 heteroatoms. The van der Waals surface area contributed by atoms with Crippen molar-refractivity contribution in [3.8, 4) is 5.75 Å². The summed E-state index contributed by atoms with van der Waals surface area (Å²) < 4.78 is 10.6. The highest BCUT2D eigenvalue weighted by Crippen LogP contribution is 2.37. The second-order valence-electron chi connectivity index (χ2n) is 6.67. The number of aromatic amines is 1. The van der Waals surface area contributed by atoms with Gasteiger partial charge in [-0.2, -0.15) is 0 Å². The molecule has 0 aliphatic heterocycles. The third-order valence-corrected chi connectivity index (χ3v) is 5.12. The monoisotopic (exact) mass is 338 g/mol. The van der Waals surface area contributed by atoms with Crippen LogP contribution in [0.25, 0.3) is 10.9 Å². The number of benzene rings is 1. The molecule has 5 nitrogen and oxygen atoms in total. The van der Waals surface area contributed by atoms with Gasteiger partial charge in [0.15, 0.2) is 5.76 Å². The van der Waals surface area contributed by atoms with Crippen LogP contribution >= 0.6 is 0 Å². The van der Waals surface area contributed by atoms with E-state index in [0.29, 0.717) is 11.7 Å². The second-order valence-corrected chi connectivity index (χ2v) is 6.67. The third kappa shape index (κ3) is 3.14. The lowest BCUT2D eigenvalue weighted by atomic mass is 9.81. The molecule has 0 saturated heterocycles. The molecule has 2 N–H and O–H groups in total. The topological polar surface area (TPSA) is 67.3 Å². The molecule has 2 atom stereocenters. The van der Waals surface area contributed by atoms with Crippen LogP contribution in [-0.4, -0.2) is 24.0 Å². The molecule has 4 rings (SSSR count). The summed E-state index contributed by atoms with van der Waals surface area (Å²) in [6, 6.07) is 9.71. The summed E-state index contributed by atoms with van der Waals surface area (Å²) >= 11 is 0. The standard InChI is InChI=1S/C20H22N2O3/c1-24-15-7-8-18-16(11-15)17(12-21-18)13-4-2-5-14(10-13)22-20(23)19-6-3-9-25-19/h3,6-9,11-14,21H,2,4-5,10H2,1H3,(H,22,23)/t13-,14?/m1/s1. The number of carbonyl (C=O) groups is 1. The number of amides is 1. The Morgan fingerprint density at radius 3 is 3.04 bits per heavy atom. The van der Waals surface area contributed by atoms with Gasteiger partial charge in [-0.25, -0.2) is 0 Å². The zero-order chi connectivity index (χ0) is 17.2. The maximum Gasteiger partial charge on any atom is 0.287 e. The van der Waals surface area contributed by atoms with E-state index in [-0.39, 0.29) is 11.9 Å². The van der Waals surface area contributed by atoms with E-state index in [1.54, 1.807) is 19.2 Å². The minimum atomic E-state index is -0.128. The Kier molecular flexibility index (Phi) is 4.22. The van der Waals surface area contributed by atoms with Crippen molar-refractivity contribution in [3.63, 3.8) is 0 Å². The number of ether oxygens (including phenoxy) is 1. The first-order chi connectivity index (χ1) is 12.2. The first-order valence-corrected chi connectivity index (χ1v) is 8.74. The Labute approximate surface area is 146 Å². The smallest absolute Gasteiger partial charge is 0.287 e. The van der Waals surface area contributed by atoms with Gasteiger partial charge in [0.05, 0.1) is 13.4 Å². The lowest BCUT2D eigenvalue weighted by Gasteiger charge is -2.29. The molecule has 25 heavy (non-hydrogen) atoms.